The van der Waals surface area contributed by atoms with Crippen LogP contribution in [0.5, 0.6) is 5.75 Å². The smallest absolute Gasteiger partial charge is 0.265 e. The highest BCUT2D eigenvalue weighted by molar-refractivity contribution is 7.93. The first-order valence-corrected chi connectivity index (χ1v) is 14.3. The van der Waals surface area contributed by atoms with Crippen molar-refractivity contribution >= 4 is 38.3 Å². The molecule has 0 aliphatic carbocycles. The monoisotopic (exact) mass is 537 g/mol. The average molecular weight is 538 g/mol. The van der Waals surface area contributed by atoms with Crippen molar-refractivity contribution in [3.05, 3.63) is 66.2 Å². The summed E-state index contributed by atoms with van der Waals surface area (Å²) < 4.78 is 33.2. The van der Waals surface area contributed by atoms with Crippen LogP contribution in [0.3, 0.4) is 0 Å². The Balaban J connectivity index is 1.49. The molecule has 8 nitrogen and oxygen atoms in total. The van der Waals surface area contributed by atoms with E-state index in [1.165, 1.54) is 4.31 Å². The molecule has 9 heteroatoms. The molecule has 4 rings (SSSR count). The van der Waals surface area contributed by atoms with Crippen LogP contribution in [0.4, 0.5) is 5.69 Å². The number of benzene rings is 3. The molecule has 1 heterocycles. The number of amides is 2. The molecule has 0 radical (unpaired) electrons. The molecule has 0 fully saturated rings. The van der Waals surface area contributed by atoms with E-state index in [1.807, 2.05) is 56.3 Å². The Bertz CT molecular complexity index is 1430. The molecule has 1 atom stereocenters. The van der Waals surface area contributed by atoms with Gasteiger partial charge in [-0.3, -0.25) is 13.9 Å². The van der Waals surface area contributed by atoms with E-state index >= 15 is 0 Å². The van der Waals surface area contributed by atoms with Crippen LogP contribution in [0.2, 0.25) is 0 Å². The molecule has 38 heavy (non-hydrogen) atoms. The summed E-state index contributed by atoms with van der Waals surface area (Å²) in [6, 6.07) is 17.5. The van der Waals surface area contributed by atoms with Crippen LogP contribution in [0.1, 0.15) is 39.2 Å². The first-order chi connectivity index (χ1) is 18.1. The Hall–Kier alpha value is -3.59. The van der Waals surface area contributed by atoms with Gasteiger partial charge in [0.1, 0.15) is 11.8 Å². The number of methoxy groups -OCH3 is 1. The topological polar surface area (TPSA) is 96.0 Å². The third-order valence-corrected chi connectivity index (χ3v) is 8.63. The van der Waals surface area contributed by atoms with Gasteiger partial charge in [-0.1, -0.05) is 50.2 Å². The highest BCUT2D eigenvalue weighted by atomic mass is 32.2. The van der Waals surface area contributed by atoms with Crippen molar-refractivity contribution in [2.45, 2.75) is 51.1 Å². The van der Waals surface area contributed by atoms with Gasteiger partial charge in [-0.2, -0.15) is 0 Å². The standard InChI is InChI=1S/C29H35N3O5S/c1-20(2)18-30-29(34)21(3)31(19-22-9-5-12-24(17-22)37-4)27(33)15-8-16-32-25-13-6-10-23-11-7-14-26(28(23)25)38(32,35)36/h5-7,9-14,17,20-21H,8,15-16,18-19H2,1-4H3,(H,30,34). The molecule has 0 saturated heterocycles. The first-order valence-electron chi connectivity index (χ1n) is 12.9. The predicted molar refractivity (Wildman–Crippen MR) is 149 cm³/mol. The zero-order chi connectivity index (χ0) is 27.4. The van der Waals surface area contributed by atoms with E-state index < -0.39 is 16.1 Å². The Kier molecular flexibility index (Phi) is 8.26. The molecule has 0 bridgehead atoms. The van der Waals surface area contributed by atoms with Gasteiger partial charge in [-0.15, -0.1) is 0 Å². The minimum atomic E-state index is -3.69. The van der Waals surface area contributed by atoms with Gasteiger partial charge in [-0.05, 0) is 54.5 Å². The van der Waals surface area contributed by atoms with Crippen LogP contribution < -0.4 is 14.4 Å². The number of ether oxygens (including phenoxy) is 1. The number of carbonyl (C=O) groups is 2. The maximum atomic E-state index is 13.5. The van der Waals surface area contributed by atoms with E-state index in [0.717, 1.165) is 16.3 Å². The van der Waals surface area contributed by atoms with Gasteiger partial charge in [0.05, 0.1) is 17.7 Å². The van der Waals surface area contributed by atoms with E-state index in [0.29, 0.717) is 29.3 Å². The molecular formula is C29H35N3O5S. The zero-order valence-corrected chi connectivity index (χ0v) is 23.1. The summed E-state index contributed by atoms with van der Waals surface area (Å²) in [5, 5.41) is 4.50. The minimum absolute atomic E-state index is 0.101. The third kappa shape index (κ3) is 5.62. The Morgan fingerprint density at radius 1 is 1.03 bits per heavy atom. The van der Waals surface area contributed by atoms with Crippen molar-refractivity contribution in [2.24, 2.45) is 5.92 Å². The third-order valence-electron chi connectivity index (χ3n) is 6.77. The second-order valence-electron chi connectivity index (χ2n) is 10.0. The van der Waals surface area contributed by atoms with Crippen molar-refractivity contribution in [2.75, 3.05) is 24.5 Å². The van der Waals surface area contributed by atoms with Gasteiger partial charge in [0, 0.05) is 31.4 Å². The number of hydrogen-bond donors (Lipinski definition) is 1. The van der Waals surface area contributed by atoms with Crippen molar-refractivity contribution in [1.29, 1.82) is 0 Å². The first kappa shape index (κ1) is 27.4. The lowest BCUT2D eigenvalue weighted by Crippen LogP contribution is -2.48. The van der Waals surface area contributed by atoms with Crippen molar-refractivity contribution in [3.8, 4) is 5.75 Å². The van der Waals surface area contributed by atoms with Crippen LogP contribution in [0, 0.1) is 5.92 Å². The summed E-state index contributed by atoms with van der Waals surface area (Å²) in [6.07, 6.45) is 0.418. The van der Waals surface area contributed by atoms with Crippen LogP contribution in [-0.2, 0) is 26.2 Å². The molecule has 3 aromatic carbocycles. The fourth-order valence-electron chi connectivity index (χ4n) is 4.72. The van der Waals surface area contributed by atoms with Crippen LogP contribution in [-0.4, -0.2) is 51.4 Å². The molecule has 0 aromatic heterocycles. The maximum Gasteiger partial charge on any atom is 0.265 e. The van der Waals surface area contributed by atoms with Gasteiger partial charge in [0.2, 0.25) is 11.8 Å². The van der Waals surface area contributed by atoms with Gasteiger partial charge in [0.15, 0.2) is 0 Å². The lowest BCUT2D eigenvalue weighted by atomic mass is 10.1. The van der Waals surface area contributed by atoms with Crippen molar-refractivity contribution in [1.82, 2.24) is 10.2 Å². The average Bonchev–Trinajstić information content (AvgIpc) is 3.13. The molecule has 1 N–H and O–H groups in total. The number of sulfonamides is 1. The van der Waals surface area contributed by atoms with Crippen LogP contribution in [0.15, 0.2) is 65.6 Å². The molecule has 0 saturated carbocycles. The summed E-state index contributed by atoms with van der Waals surface area (Å²) in [5.74, 6) is 0.510. The molecule has 1 unspecified atom stereocenters. The summed E-state index contributed by atoms with van der Waals surface area (Å²) in [4.78, 5) is 28.2. The van der Waals surface area contributed by atoms with E-state index in [9.17, 15) is 18.0 Å². The van der Waals surface area contributed by atoms with Gasteiger partial charge >= 0.3 is 0 Å². The normalized spacial score (nSPS) is 14.5. The molecule has 1 aliphatic heterocycles. The van der Waals surface area contributed by atoms with Crippen molar-refractivity contribution in [3.63, 3.8) is 0 Å². The predicted octanol–water partition coefficient (Wildman–Crippen LogP) is 4.33. The zero-order valence-electron chi connectivity index (χ0n) is 22.3. The molecule has 1 aliphatic rings. The summed E-state index contributed by atoms with van der Waals surface area (Å²) in [5.41, 5.74) is 1.48. The van der Waals surface area contributed by atoms with Crippen LogP contribution in [0.25, 0.3) is 10.8 Å². The summed E-state index contributed by atoms with van der Waals surface area (Å²) >= 11 is 0. The second kappa shape index (κ2) is 11.4. The number of anilines is 1. The lowest BCUT2D eigenvalue weighted by molar-refractivity contribution is -0.140. The number of hydrogen-bond acceptors (Lipinski definition) is 5. The van der Waals surface area contributed by atoms with Gasteiger partial charge in [0.25, 0.3) is 10.0 Å². The fraction of sp³-hybridized carbons (Fsp3) is 0.379. The van der Waals surface area contributed by atoms with E-state index in [1.54, 1.807) is 37.1 Å². The summed E-state index contributed by atoms with van der Waals surface area (Å²) in [7, 11) is -2.11. The number of nitrogens with one attached hydrogen (secondary N) is 1. The molecular weight excluding hydrogens is 502 g/mol. The largest absolute Gasteiger partial charge is 0.497 e. The number of carbonyl (C=O) groups excluding carboxylic acids is 2. The Morgan fingerprint density at radius 3 is 2.45 bits per heavy atom. The van der Waals surface area contributed by atoms with Crippen molar-refractivity contribution < 1.29 is 22.7 Å². The molecule has 202 valence electrons. The van der Waals surface area contributed by atoms with E-state index in [-0.39, 0.29) is 37.2 Å². The fourth-order valence-corrected chi connectivity index (χ4v) is 6.47. The molecule has 0 spiro atoms. The highest BCUT2D eigenvalue weighted by Gasteiger charge is 2.35. The number of rotatable bonds is 11. The van der Waals surface area contributed by atoms with Gasteiger partial charge in [-0.25, -0.2) is 8.42 Å². The SMILES string of the molecule is COc1cccc(CN(C(=O)CCCN2c3cccc4cccc(c34)S2(=O)=O)C(C)C(=O)NCC(C)C)c1. The van der Waals surface area contributed by atoms with Gasteiger partial charge < -0.3 is 15.0 Å². The molecule has 3 aromatic rings. The number of nitrogens with zero attached hydrogens (tertiary/aromatic N) is 2. The van der Waals surface area contributed by atoms with E-state index in [4.69, 9.17) is 4.74 Å². The quantitative estimate of drug-likeness (QED) is 0.393. The Morgan fingerprint density at radius 2 is 1.74 bits per heavy atom. The highest BCUT2D eigenvalue weighted by Crippen LogP contribution is 2.42. The minimum Gasteiger partial charge on any atom is -0.497 e. The second-order valence-corrected chi connectivity index (χ2v) is 11.8. The molecule has 2 amide bonds. The lowest BCUT2D eigenvalue weighted by Gasteiger charge is -2.29. The summed E-state index contributed by atoms with van der Waals surface area (Å²) in [6.45, 7) is 6.66. The Labute approximate surface area is 224 Å². The maximum absolute atomic E-state index is 13.5. The van der Waals surface area contributed by atoms with Crippen LogP contribution >= 0.6 is 0 Å². The van der Waals surface area contributed by atoms with E-state index in [2.05, 4.69) is 5.32 Å².